The Labute approximate surface area is 89.3 Å². The van der Waals surface area contributed by atoms with E-state index in [0.29, 0.717) is 5.02 Å². The lowest BCUT2D eigenvalue weighted by Gasteiger charge is -2.07. The van der Waals surface area contributed by atoms with Gasteiger partial charge in [0.1, 0.15) is 5.75 Å². The van der Waals surface area contributed by atoms with Crippen molar-refractivity contribution in [3.8, 4) is 5.75 Å². The average molecular weight is 209 g/mol. The quantitative estimate of drug-likeness (QED) is 0.716. The Hall–Kier alpha value is -0.950. The van der Waals surface area contributed by atoms with Gasteiger partial charge in [0.15, 0.2) is 0 Å². The predicted octanol–water partition coefficient (Wildman–Crippen LogP) is 3.92. The number of halogens is 1. The first-order chi connectivity index (χ1) is 6.81. The van der Waals surface area contributed by atoms with Crippen molar-refractivity contribution in [2.24, 2.45) is 0 Å². The first-order valence-corrected chi connectivity index (χ1v) is 5.22. The van der Waals surface area contributed by atoms with E-state index in [-0.39, 0.29) is 0 Å². The van der Waals surface area contributed by atoms with E-state index in [9.17, 15) is 0 Å². The number of hydrogen-bond acceptors (Lipinski definition) is 1. The molecule has 14 heavy (non-hydrogen) atoms. The van der Waals surface area contributed by atoms with E-state index in [2.05, 4.69) is 12.1 Å². The molecule has 0 aromatic heterocycles. The lowest BCUT2D eigenvalue weighted by atomic mass is 10.1. The molecule has 1 aliphatic carbocycles. The Morgan fingerprint density at radius 1 is 1.36 bits per heavy atom. The van der Waals surface area contributed by atoms with Crippen LogP contribution in [0.25, 0.3) is 5.57 Å². The van der Waals surface area contributed by atoms with Crippen molar-refractivity contribution >= 4 is 17.2 Å². The second-order valence-electron chi connectivity index (χ2n) is 3.47. The maximum Gasteiger partial charge on any atom is 0.138 e. The maximum atomic E-state index is 5.96. The second kappa shape index (κ2) is 4.05. The minimum Gasteiger partial charge on any atom is -0.495 e. The average Bonchev–Trinajstić information content (AvgIpc) is 2.71. The van der Waals surface area contributed by atoms with Gasteiger partial charge >= 0.3 is 0 Å². The highest BCUT2D eigenvalue weighted by molar-refractivity contribution is 6.32. The first kappa shape index (κ1) is 9.60. The summed E-state index contributed by atoms with van der Waals surface area (Å²) in [6.45, 7) is 0. The molecule has 74 valence electrons. The maximum absolute atomic E-state index is 5.96. The summed E-state index contributed by atoms with van der Waals surface area (Å²) in [5.74, 6) is 0.761. The van der Waals surface area contributed by atoms with Crippen molar-refractivity contribution in [3.63, 3.8) is 0 Å². The van der Waals surface area contributed by atoms with Crippen LogP contribution in [0.1, 0.15) is 24.8 Å². The molecule has 1 aromatic carbocycles. The molecule has 2 rings (SSSR count). The van der Waals surface area contributed by atoms with Crippen LogP contribution in [0.15, 0.2) is 24.3 Å². The molecule has 0 saturated heterocycles. The standard InChI is InChI=1S/C12H13ClO/c1-14-12-8-10(6-7-11(12)13)9-4-2-3-5-9/h4,6-8H,2-3,5H2,1H3. The lowest BCUT2D eigenvalue weighted by Crippen LogP contribution is -1.87. The molecule has 0 atom stereocenters. The van der Waals surface area contributed by atoms with Crippen LogP contribution in [0.4, 0.5) is 0 Å². The van der Waals surface area contributed by atoms with Gasteiger partial charge in [-0.1, -0.05) is 23.7 Å². The number of allylic oxidation sites excluding steroid dienone is 2. The van der Waals surface area contributed by atoms with Gasteiger partial charge in [-0.05, 0) is 42.5 Å². The van der Waals surface area contributed by atoms with E-state index in [1.165, 1.54) is 30.4 Å². The summed E-state index contributed by atoms with van der Waals surface area (Å²) in [5.41, 5.74) is 2.66. The van der Waals surface area contributed by atoms with Gasteiger partial charge in [0.25, 0.3) is 0 Å². The molecule has 0 heterocycles. The highest BCUT2D eigenvalue weighted by atomic mass is 35.5. The Morgan fingerprint density at radius 2 is 2.21 bits per heavy atom. The summed E-state index contributed by atoms with van der Waals surface area (Å²) >= 11 is 5.96. The van der Waals surface area contributed by atoms with Crippen molar-refractivity contribution < 1.29 is 4.74 Å². The number of ether oxygens (including phenoxy) is 1. The Balaban J connectivity index is 2.35. The van der Waals surface area contributed by atoms with E-state index < -0.39 is 0 Å². The third-order valence-electron chi connectivity index (χ3n) is 2.56. The molecule has 1 aromatic rings. The minimum atomic E-state index is 0.676. The molecule has 1 aliphatic rings. The van der Waals surface area contributed by atoms with E-state index in [4.69, 9.17) is 16.3 Å². The van der Waals surface area contributed by atoms with Crippen molar-refractivity contribution in [1.29, 1.82) is 0 Å². The van der Waals surface area contributed by atoms with Crippen molar-refractivity contribution in [2.45, 2.75) is 19.3 Å². The molecule has 1 nitrogen and oxygen atoms in total. The van der Waals surface area contributed by atoms with Crippen LogP contribution in [-0.4, -0.2) is 7.11 Å². The zero-order valence-corrected chi connectivity index (χ0v) is 8.97. The van der Waals surface area contributed by atoms with Gasteiger partial charge in [-0.25, -0.2) is 0 Å². The van der Waals surface area contributed by atoms with Crippen LogP contribution < -0.4 is 4.74 Å². The number of benzene rings is 1. The largest absolute Gasteiger partial charge is 0.495 e. The second-order valence-corrected chi connectivity index (χ2v) is 3.88. The first-order valence-electron chi connectivity index (χ1n) is 4.84. The fourth-order valence-corrected chi connectivity index (χ4v) is 1.99. The molecular formula is C12H13ClO. The van der Waals surface area contributed by atoms with E-state index in [1.807, 2.05) is 12.1 Å². The van der Waals surface area contributed by atoms with E-state index in [1.54, 1.807) is 7.11 Å². The van der Waals surface area contributed by atoms with Crippen molar-refractivity contribution in [2.75, 3.05) is 7.11 Å². The molecule has 0 fully saturated rings. The number of methoxy groups -OCH3 is 1. The predicted molar refractivity (Wildman–Crippen MR) is 59.8 cm³/mol. The Kier molecular flexibility index (Phi) is 2.78. The topological polar surface area (TPSA) is 9.23 Å². The monoisotopic (exact) mass is 208 g/mol. The van der Waals surface area contributed by atoms with Gasteiger partial charge in [-0.15, -0.1) is 0 Å². The highest BCUT2D eigenvalue weighted by Crippen LogP contribution is 2.32. The molecule has 0 N–H and O–H groups in total. The summed E-state index contributed by atoms with van der Waals surface area (Å²) in [6.07, 6.45) is 5.92. The van der Waals surface area contributed by atoms with E-state index in [0.717, 1.165) is 5.75 Å². The molecule has 0 spiro atoms. The minimum absolute atomic E-state index is 0.676. The Morgan fingerprint density at radius 3 is 2.86 bits per heavy atom. The third-order valence-corrected chi connectivity index (χ3v) is 2.88. The van der Waals surface area contributed by atoms with Gasteiger partial charge in [0.2, 0.25) is 0 Å². The van der Waals surface area contributed by atoms with Crippen LogP contribution in [0, 0.1) is 0 Å². The zero-order valence-electron chi connectivity index (χ0n) is 8.22. The van der Waals surface area contributed by atoms with Gasteiger partial charge in [-0.3, -0.25) is 0 Å². The number of hydrogen-bond donors (Lipinski definition) is 0. The fraction of sp³-hybridized carbons (Fsp3) is 0.333. The van der Waals surface area contributed by atoms with Crippen molar-refractivity contribution in [3.05, 3.63) is 34.9 Å². The molecule has 0 unspecified atom stereocenters. The van der Waals surface area contributed by atoms with Gasteiger partial charge in [0.05, 0.1) is 12.1 Å². The van der Waals surface area contributed by atoms with Crippen molar-refractivity contribution in [1.82, 2.24) is 0 Å². The summed E-state index contributed by atoms with van der Waals surface area (Å²) in [5, 5.41) is 0.676. The lowest BCUT2D eigenvalue weighted by molar-refractivity contribution is 0.415. The molecule has 0 aliphatic heterocycles. The summed E-state index contributed by atoms with van der Waals surface area (Å²) in [7, 11) is 1.65. The zero-order chi connectivity index (χ0) is 9.97. The smallest absolute Gasteiger partial charge is 0.138 e. The normalized spacial score (nSPS) is 15.4. The third kappa shape index (κ3) is 1.78. The molecule has 0 amide bonds. The summed E-state index contributed by atoms with van der Waals surface area (Å²) in [4.78, 5) is 0. The molecule has 0 bridgehead atoms. The fourth-order valence-electron chi connectivity index (χ4n) is 1.79. The van der Waals surface area contributed by atoms with Crippen LogP contribution >= 0.6 is 11.6 Å². The van der Waals surface area contributed by atoms with Crippen LogP contribution in [0.3, 0.4) is 0 Å². The highest BCUT2D eigenvalue weighted by Gasteiger charge is 2.09. The summed E-state index contributed by atoms with van der Waals surface area (Å²) < 4.78 is 5.19. The molecule has 0 saturated carbocycles. The Bertz CT molecular complexity index is 369. The van der Waals surface area contributed by atoms with Crippen LogP contribution in [-0.2, 0) is 0 Å². The van der Waals surface area contributed by atoms with Crippen LogP contribution in [0.2, 0.25) is 5.02 Å². The van der Waals surface area contributed by atoms with Crippen LogP contribution in [0.5, 0.6) is 5.75 Å². The SMILES string of the molecule is COc1cc(C2=CCCC2)ccc1Cl. The van der Waals surface area contributed by atoms with E-state index >= 15 is 0 Å². The number of rotatable bonds is 2. The molecular weight excluding hydrogens is 196 g/mol. The van der Waals surface area contributed by atoms with Gasteiger partial charge in [-0.2, -0.15) is 0 Å². The molecule has 2 heteroatoms. The molecule has 0 radical (unpaired) electrons. The van der Waals surface area contributed by atoms with Gasteiger partial charge in [0, 0.05) is 0 Å². The summed E-state index contributed by atoms with van der Waals surface area (Å²) in [6, 6.07) is 5.97. The van der Waals surface area contributed by atoms with Gasteiger partial charge < -0.3 is 4.74 Å².